The monoisotopic (exact) mass is 382 g/mol. The molecule has 1 amide bonds. The maximum Gasteiger partial charge on any atom is 0.267 e. The maximum absolute atomic E-state index is 12.7. The van der Waals surface area contributed by atoms with Gasteiger partial charge in [-0.3, -0.25) is 9.69 Å². The fourth-order valence-corrected chi connectivity index (χ4v) is 5.46. The minimum Gasteiger partial charge on any atom is -0.349 e. The van der Waals surface area contributed by atoms with Gasteiger partial charge < -0.3 is 9.88 Å². The number of likely N-dealkylation sites (tertiary alicyclic amines) is 1. The summed E-state index contributed by atoms with van der Waals surface area (Å²) in [5.41, 5.74) is 0.384. The Morgan fingerprint density at radius 3 is 2.58 bits per heavy atom. The molecular weight excluding hydrogens is 352 g/mol. The van der Waals surface area contributed by atoms with Crippen molar-refractivity contribution in [2.45, 2.75) is 50.0 Å². The summed E-state index contributed by atoms with van der Waals surface area (Å²) in [7, 11) is -1.78. The van der Waals surface area contributed by atoms with Crippen LogP contribution in [-0.2, 0) is 17.1 Å². The van der Waals surface area contributed by atoms with E-state index in [1.165, 1.54) is 35.8 Å². The summed E-state index contributed by atoms with van der Waals surface area (Å²) in [5, 5.41) is 2.93. The number of carbonyl (C=O) groups is 1. The molecule has 0 spiro atoms. The Hall–Kier alpha value is -1.38. The molecule has 1 N–H and O–H groups in total. The molecular formula is C18H30N4O3S. The van der Waals surface area contributed by atoms with Crippen LogP contribution in [0.3, 0.4) is 0 Å². The molecule has 26 heavy (non-hydrogen) atoms. The predicted molar refractivity (Wildman–Crippen MR) is 101 cm³/mol. The number of aromatic nitrogens is 1. The predicted octanol–water partition coefficient (Wildman–Crippen LogP) is 1.41. The molecule has 1 aromatic heterocycles. The number of rotatable bonds is 6. The summed E-state index contributed by atoms with van der Waals surface area (Å²) in [4.78, 5) is 15.1. The van der Waals surface area contributed by atoms with Crippen LogP contribution in [0.1, 0.15) is 49.5 Å². The van der Waals surface area contributed by atoms with Crippen molar-refractivity contribution >= 4 is 15.9 Å². The number of aryl methyl sites for hydroxylation is 1. The van der Waals surface area contributed by atoms with Crippen LogP contribution >= 0.6 is 0 Å². The van der Waals surface area contributed by atoms with Gasteiger partial charge in [-0.2, -0.15) is 4.31 Å². The third-order valence-electron chi connectivity index (χ3n) is 5.54. The van der Waals surface area contributed by atoms with Crippen LogP contribution in [0, 0.1) is 0 Å². The largest absolute Gasteiger partial charge is 0.349 e. The SMILES string of the molecule is CC1CCCCN1CCNC(=O)c1cc(S(=O)(=O)N2CCCC2)cn1C. The summed E-state index contributed by atoms with van der Waals surface area (Å²) in [6, 6.07) is 2.06. The lowest BCUT2D eigenvalue weighted by atomic mass is 10.0. The van der Waals surface area contributed by atoms with Crippen LogP contribution in [0.2, 0.25) is 0 Å². The van der Waals surface area contributed by atoms with Crippen molar-refractivity contribution in [1.82, 2.24) is 19.1 Å². The van der Waals surface area contributed by atoms with Crippen molar-refractivity contribution < 1.29 is 13.2 Å². The molecule has 0 radical (unpaired) electrons. The summed E-state index contributed by atoms with van der Waals surface area (Å²) in [5.74, 6) is -0.222. The van der Waals surface area contributed by atoms with Gasteiger partial charge in [0, 0.05) is 45.5 Å². The standard InChI is InChI=1S/C18H30N4O3S/c1-15-7-3-4-9-21(15)12-8-19-18(23)17-13-16(14-20(17)2)26(24,25)22-10-5-6-11-22/h13-15H,3-12H2,1-2H3,(H,19,23). The molecule has 0 aliphatic carbocycles. The molecule has 2 aliphatic heterocycles. The first-order valence-electron chi connectivity index (χ1n) is 9.58. The molecule has 2 aliphatic rings. The van der Waals surface area contributed by atoms with Gasteiger partial charge in [-0.1, -0.05) is 6.42 Å². The van der Waals surface area contributed by atoms with Gasteiger partial charge in [-0.25, -0.2) is 8.42 Å². The molecule has 0 aromatic carbocycles. The zero-order valence-electron chi connectivity index (χ0n) is 15.8. The van der Waals surface area contributed by atoms with Gasteiger partial charge in [0.15, 0.2) is 0 Å². The number of amides is 1. The van der Waals surface area contributed by atoms with E-state index in [9.17, 15) is 13.2 Å². The van der Waals surface area contributed by atoms with E-state index in [0.717, 1.165) is 25.9 Å². The van der Waals surface area contributed by atoms with Crippen molar-refractivity contribution in [3.05, 3.63) is 18.0 Å². The molecule has 3 heterocycles. The van der Waals surface area contributed by atoms with E-state index in [4.69, 9.17) is 0 Å². The van der Waals surface area contributed by atoms with E-state index in [1.54, 1.807) is 11.6 Å². The number of hydrogen-bond acceptors (Lipinski definition) is 4. The Kier molecular flexibility index (Phi) is 6.04. The van der Waals surface area contributed by atoms with Crippen LogP contribution in [0.4, 0.5) is 0 Å². The highest BCUT2D eigenvalue weighted by Crippen LogP contribution is 2.22. The van der Waals surface area contributed by atoms with Gasteiger partial charge in [-0.05, 0) is 45.2 Å². The van der Waals surface area contributed by atoms with Gasteiger partial charge in [0.1, 0.15) is 10.6 Å². The zero-order chi connectivity index (χ0) is 18.7. The van der Waals surface area contributed by atoms with E-state index >= 15 is 0 Å². The Labute approximate surface area is 156 Å². The first-order valence-corrected chi connectivity index (χ1v) is 11.0. The average Bonchev–Trinajstić information content (AvgIpc) is 3.26. The minimum atomic E-state index is -3.49. The van der Waals surface area contributed by atoms with Crippen LogP contribution < -0.4 is 5.32 Å². The second-order valence-electron chi connectivity index (χ2n) is 7.42. The molecule has 2 saturated heterocycles. The quantitative estimate of drug-likeness (QED) is 0.807. The lowest BCUT2D eigenvalue weighted by Crippen LogP contribution is -2.42. The number of sulfonamides is 1. The summed E-state index contributed by atoms with van der Waals surface area (Å²) in [6.07, 6.45) is 7.04. The maximum atomic E-state index is 12.7. The topological polar surface area (TPSA) is 74.7 Å². The number of hydrogen-bond donors (Lipinski definition) is 1. The summed E-state index contributed by atoms with van der Waals surface area (Å²) >= 11 is 0. The highest BCUT2D eigenvalue weighted by atomic mass is 32.2. The smallest absolute Gasteiger partial charge is 0.267 e. The molecule has 0 saturated carbocycles. The van der Waals surface area contributed by atoms with Gasteiger partial charge in [0.25, 0.3) is 5.91 Å². The lowest BCUT2D eigenvalue weighted by molar-refractivity contribution is 0.0930. The Bertz CT molecular complexity index is 738. The van der Waals surface area contributed by atoms with Crippen LogP contribution in [-0.4, -0.2) is 66.9 Å². The molecule has 0 bridgehead atoms. The van der Waals surface area contributed by atoms with Crippen molar-refractivity contribution in [3.8, 4) is 0 Å². The molecule has 146 valence electrons. The van der Waals surface area contributed by atoms with E-state index in [-0.39, 0.29) is 10.8 Å². The Morgan fingerprint density at radius 1 is 1.19 bits per heavy atom. The number of piperidine rings is 1. The highest BCUT2D eigenvalue weighted by molar-refractivity contribution is 7.89. The molecule has 1 unspecified atom stereocenters. The first kappa shape index (κ1) is 19.4. The van der Waals surface area contributed by atoms with Gasteiger partial charge in [0.05, 0.1) is 0 Å². The molecule has 2 fully saturated rings. The van der Waals surface area contributed by atoms with Crippen molar-refractivity contribution in [1.29, 1.82) is 0 Å². The van der Waals surface area contributed by atoms with Gasteiger partial charge >= 0.3 is 0 Å². The van der Waals surface area contributed by atoms with Crippen LogP contribution in [0.15, 0.2) is 17.2 Å². The summed E-state index contributed by atoms with van der Waals surface area (Å²) < 4.78 is 28.4. The molecule has 7 nitrogen and oxygen atoms in total. The average molecular weight is 383 g/mol. The second-order valence-corrected chi connectivity index (χ2v) is 9.36. The minimum absolute atomic E-state index is 0.205. The fourth-order valence-electron chi connectivity index (χ4n) is 3.87. The van der Waals surface area contributed by atoms with Gasteiger partial charge in [-0.15, -0.1) is 0 Å². The number of carbonyl (C=O) groups excluding carboxylic acids is 1. The second kappa shape index (κ2) is 8.10. The fraction of sp³-hybridized carbons (Fsp3) is 0.722. The number of nitrogens with zero attached hydrogens (tertiary/aromatic N) is 3. The summed E-state index contributed by atoms with van der Waals surface area (Å²) in [6.45, 7) is 5.84. The Morgan fingerprint density at radius 2 is 1.88 bits per heavy atom. The van der Waals surface area contributed by atoms with Crippen LogP contribution in [0.25, 0.3) is 0 Å². The molecule has 1 aromatic rings. The molecule has 1 atom stereocenters. The van der Waals surface area contributed by atoms with Crippen molar-refractivity contribution in [2.75, 3.05) is 32.7 Å². The Balaban J connectivity index is 1.60. The third kappa shape index (κ3) is 4.13. The first-order chi connectivity index (χ1) is 12.4. The van der Waals surface area contributed by atoms with Gasteiger partial charge in [0.2, 0.25) is 10.0 Å². The van der Waals surface area contributed by atoms with Crippen molar-refractivity contribution in [3.63, 3.8) is 0 Å². The number of nitrogens with one attached hydrogen (secondary N) is 1. The molecule has 8 heteroatoms. The van der Waals surface area contributed by atoms with Crippen molar-refractivity contribution in [2.24, 2.45) is 7.05 Å². The highest BCUT2D eigenvalue weighted by Gasteiger charge is 2.29. The normalized spacial score (nSPS) is 22.6. The molecule has 3 rings (SSSR count). The van der Waals surface area contributed by atoms with E-state index < -0.39 is 10.0 Å². The lowest BCUT2D eigenvalue weighted by Gasteiger charge is -2.33. The van der Waals surface area contributed by atoms with E-state index in [2.05, 4.69) is 17.1 Å². The van der Waals surface area contributed by atoms with E-state index in [1.807, 2.05) is 0 Å². The van der Waals surface area contributed by atoms with E-state index in [0.29, 0.717) is 31.4 Å². The zero-order valence-corrected chi connectivity index (χ0v) is 16.6. The third-order valence-corrected chi connectivity index (χ3v) is 7.40. The van der Waals surface area contributed by atoms with Crippen LogP contribution in [0.5, 0.6) is 0 Å².